The molecule has 0 N–H and O–H groups in total. The van der Waals surface area contributed by atoms with Gasteiger partial charge in [0.15, 0.2) is 0 Å². The molecule has 0 radical (unpaired) electrons. The number of aryl methyl sites for hydroxylation is 6. The fourth-order valence-corrected chi connectivity index (χ4v) is 5.32. The van der Waals surface area contributed by atoms with E-state index in [0.717, 1.165) is 34.2 Å². The number of benzene rings is 2. The minimum absolute atomic E-state index is 0.840. The second kappa shape index (κ2) is 9.50. The van der Waals surface area contributed by atoms with Crippen LogP contribution in [0.3, 0.4) is 0 Å². The number of pyridine rings is 3. The highest BCUT2D eigenvalue weighted by atomic mass is 14.8. The molecular weight excluding hydrogens is 438 g/mol. The molecule has 0 aliphatic heterocycles. The van der Waals surface area contributed by atoms with E-state index in [0.29, 0.717) is 0 Å². The Hall–Kier alpha value is -4.11. The summed E-state index contributed by atoms with van der Waals surface area (Å²) in [6, 6.07) is 27.3. The molecular formula is C33H31N3. The molecule has 3 aromatic heterocycles. The summed E-state index contributed by atoms with van der Waals surface area (Å²) in [6.45, 7) is 12.9. The van der Waals surface area contributed by atoms with Crippen molar-refractivity contribution in [1.29, 1.82) is 0 Å². The Morgan fingerprint density at radius 3 is 0.917 bits per heavy atom. The van der Waals surface area contributed by atoms with Gasteiger partial charge in [0.25, 0.3) is 0 Å². The fourth-order valence-electron chi connectivity index (χ4n) is 5.32. The fraction of sp³-hybridized carbons (Fsp3) is 0.182. The quantitative estimate of drug-likeness (QED) is 0.265. The van der Waals surface area contributed by atoms with E-state index in [4.69, 9.17) is 15.0 Å². The van der Waals surface area contributed by atoms with Crippen LogP contribution in [0.4, 0.5) is 0 Å². The monoisotopic (exact) mass is 469 g/mol. The van der Waals surface area contributed by atoms with E-state index in [1.807, 2.05) is 30.3 Å². The number of hydrogen-bond donors (Lipinski definition) is 0. The van der Waals surface area contributed by atoms with Gasteiger partial charge in [-0.1, -0.05) is 53.6 Å². The first kappa shape index (κ1) is 23.6. The van der Waals surface area contributed by atoms with E-state index in [2.05, 4.69) is 90.1 Å². The van der Waals surface area contributed by atoms with Gasteiger partial charge in [-0.05, 0) is 100 Å². The van der Waals surface area contributed by atoms with E-state index in [1.54, 1.807) is 0 Å². The van der Waals surface area contributed by atoms with Gasteiger partial charge in [0.1, 0.15) is 0 Å². The Morgan fingerprint density at radius 1 is 0.361 bits per heavy atom. The van der Waals surface area contributed by atoms with Crippen LogP contribution in [-0.4, -0.2) is 15.0 Å². The summed E-state index contributed by atoms with van der Waals surface area (Å²) in [6.07, 6.45) is 0. The highest BCUT2D eigenvalue weighted by Gasteiger charge is 2.13. The SMILES string of the molecule is Cc1cc(C)c(-c2cccc(-c3cccc(-c4cccc(-c5c(C)cc(C)cc5C)n4)n3)n2)c(C)c1. The summed E-state index contributed by atoms with van der Waals surface area (Å²) >= 11 is 0. The highest BCUT2D eigenvalue weighted by Crippen LogP contribution is 2.31. The Morgan fingerprint density at radius 2 is 0.611 bits per heavy atom. The molecule has 178 valence electrons. The van der Waals surface area contributed by atoms with Gasteiger partial charge in [0, 0.05) is 11.1 Å². The molecule has 0 spiro atoms. The van der Waals surface area contributed by atoms with Crippen LogP contribution in [0.2, 0.25) is 0 Å². The first-order valence-electron chi connectivity index (χ1n) is 12.4. The van der Waals surface area contributed by atoms with Crippen LogP contribution in [0.25, 0.3) is 45.3 Å². The molecule has 3 heterocycles. The summed E-state index contributed by atoms with van der Waals surface area (Å²) in [5.74, 6) is 0. The average molecular weight is 470 g/mol. The van der Waals surface area contributed by atoms with Gasteiger partial charge >= 0.3 is 0 Å². The molecule has 0 saturated heterocycles. The number of rotatable bonds is 4. The van der Waals surface area contributed by atoms with Crippen LogP contribution in [0.1, 0.15) is 33.4 Å². The standard InChI is InChI=1S/C33H31N3/c1-20-16-22(3)32(23(4)17-20)30-14-8-12-28(35-30)26-10-7-11-27(34-26)29-13-9-15-31(36-29)33-24(5)18-21(2)19-25(33)6/h7-19H,1-6H3. The highest BCUT2D eigenvalue weighted by molar-refractivity contribution is 5.73. The second-order valence-corrected chi connectivity index (χ2v) is 9.77. The van der Waals surface area contributed by atoms with E-state index < -0.39 is 0 Å². The molecule has 0 amide bonds. The van der Waals surface area contributed by atoms with Crippen molar-refractivity contribution in [2.45, 2.75) is 41.5 Å². The van der Waals surface area contributed by atoms with Crippen molar-refractivity contribution in [3.63, 3.8) is 0 Å². The zero-order valence-electron chi connectivity index (χ0n) is 21.8. The van der Waals surface area contributed by atoms with Crippen molar-refractivity contribution in [2.75, 3.05) is 0 Å². The summed E-state index contributed by atoms with van der Waals surface area (Å²) < 4.78 is 0. The Labute approximate surface area is 214 Å². The van der Waals surface area contributed by atoms with Gasteiger partial charge in [-0.25, -0.2) is 15.0 Å². The Balaban J connectivity index is 1.54. The maximum Gasteiger partial charge on any atom is 0.0894 e. The van der Waals surface area contributed by atoms with E-state index in [1.165, 1.54) is 44.5 Å². The van der Waals surface area contributed by atoms with Crippen LogP contribution in [0, 0.1) is 41.5 Å². The predicted octanol–water partition coefficient (Wildman–Crippen LogP) is 8.39. The lowest BCUT2D eigenvalue weighted by molar-refractivity contribution is 1.20. The smallest absolute Gasteiger partial charge is 0.0894 e. The lowest BCUT2D eigenvalue weighted by Gasteiger charge is -2.13. The van der Waals surface area contributed by atoms with Crippen molar-refractivity contribution in [3.05, 3.63) is 112 Å². The minimum atomic E-state index is 0.840. The van der Waals surface area contributed by atoms with E-state index in [-0.39, 0.29) is 0 Å². The molecule has 3 heteroatoms. The second-order valence-electron chi connectivity index (χ2n) is 9.77. The third-order valence-corrected chi connectivity index (χ3v) is 6.64. The maximum absolute atomic E-state index is 5.01. The molecule has 3 nitrogen and oxygen atoms in total. The molecule has 0 atom stereocenters. The average Bonchev–Trinajstić information content (AvgIpc) is 2.83. The van der Waals surface area contributed by atoms with Gasteiger partial charge in [-0.15, -0.1) is 0 Å². The van der Waals surface area contributed by atoms with E-state index in [9.17, 15) is 0 Å². The summed E-state index contributed by atoms with van der Waals surface area (Å²) in [7, 11) is 0. The summed E-state index contributed by atoms with van der Waals surface area (Å²) in [4.78, 5) is 15.0. The number of aromatic nitrogens is 3. The molecule has 0 bridgehead atoms. The maximum atomic E-state index is 5.01. The van der Waals surface area contributed by atoms with E-state index >= 15 is 0 Å². The third kappa shape index (κ3) is 4.57. The lowest BCUT2D eigenvalue weighted by atomic mass is 9.96. The molecule has 5 aromatic rings. The van der Waals surface area contributed by atoms with Crippen molar-refractivity contribution in [1.82, 2.24) is 15.0 Å². The van der Waals surface area contributed by atoms with Gasteiger partial charge < -0.3 is 0 Å². The van der Waals surface area contributed by atoms with Crippen LogP contribution in [0.15, 0.2) is 78.9 Å². The first-order valence-corrected chi connectivity index (χ1v) is 12.4. The third-order valence-electron chi connectivity index (χ3n) is 6.64. The Bertz CT molecular complexity index is 1430. The van der Waals surface area contributed by atoms with Crippen LogP contribution < -0.4 is 0 Å². The van der Waals surface area contributed by atoms with Crippen LogP contribution in [0.5, 0.6) is 0 Å². The largest absolute Gasteiger partial charge is 0.246 e. The van der Waals surface area contributed by atoms with Crippen LogP contribution >= 0.6 is 0 Å². The van der Waals surface area contributed by atoms with Gasteiger partial charge in [0.05, 0.1) is 34.2 Å². The zero-order valence-corrected chi connectivity index (χ0v) is 21.8. The normalized spacial score (nSPS) is 11.1. The molecule has 0 unspecified atom stereocenters. The summed E-state index contributed by atoms with van der Waals surface area (Å²) in [5.41, 5.74) is 15.2. The molecule has 36 heavy (non-hydrogen) atoms. The molecule has 0 fully saturated rings. The molecule has 0 saturated carbocycles. The lowest BCUT2D eigenvalue weighted by Crippen LogP contribution is -1.97. The topological polar surface area (TPSA) is 38.7 Å². The van der Waals surface area contributed by atoms with Crippen molar-refractivity contribution in [3.8, 4) is 45.3 Å². The minimum Gasteiger partial charge on any atom is -0.246 e. The molecule has 0 aliphatic carbocycles. The van der Waals surface area contributed by atoms with Crippen molar-refractivity contribution in [2.24, 2.45) is 0 Å². The van der Waals surface area contributed by atoms with Crippen molar-refractivity contribution < 1.29 is 0 Å². The van der Waals surface area contributed by atoms with Gasteiger partial charge in [-0.3, -0.25) is 0 Å². The number of nitrogens with zero attached hydrogens (tertiary/aromatic N) is 3. The molecule has 2 aromatic carbocycles. The Kier molecular flexibility index (Phi) is 6.24. The molecule has 5 rings (SSSR count). The summed E-state index contributed by atoms with van der Waals surface area (Å²) in [5, 5.41) is 0. The van der Waals surface area contributed by atoms with Gasteiger partial charge in [-0.2, -0.15) is 0 Å². The van der Waals surface area contributed by atoms with Gasteiger partial charge in [0.2, 0.25) is 0 Å². The van der Waals surface area contributed by atoms with Crippen molar-refractivity contribution >= 4 is 0 Å². The number of hydrogen-bond acceptors (Lipinski definition) is 3. The predicted molar refractivity (Wildman–Crippen MR) is 150 cm³/mol. The molecule has 0 aliphatic rings. The zero-order chi connectivity index (χ0) is 25.4. The first-order chi connectivity index (χ1) is 17.3. The van der Waals surface area contributed by atoms with Crippen LogP contribution in [-0.2, 0) is 0 Å².